The van der Waals surface area contributed by atoms with E-state index in [4.69, 9.17) is 4.74 Å². The molecule has 0 spiro atoms. The molecule has 3 heteroatoms. The van der Waals surface area contributed by atoms with Crippen LogP contribution in [0.2, 0.25) is 0 Å². The molecule has 1 heterocycles. The van der Waals surface area contributed by atoms with Gasteiger partial charge in [-0.15, -0.1) is 0 Å². The molecule has 2 aromatic carbocycles. The summed E-state index contributed by atoms with van der Waals surface area (Å²) in [6, 6.07) is 17.7. The lowest BCUT2D eigenvalue weighted by atomic mass is 10.0. The first-order chi connectivity index (χ1) is 15.2. The fourth-order valence-electron chi connectivity index (χ4n) is 3.92. The molecule has 0 amide bonds. The highest BCUT2D eigenvalue weighted by Crippen LogP contribution is 2.24. The second-order valence-corrected chi connectivity index (χ2v) is 8.30. The fraction of sp³-hybridized carbons (Fsp3) is 0.393. The van der Waals surface area contributed by atoms with Crippen LogP contribution < -0.4 is 10.2 Å². The Morgan fingerprint density at radius 3 is 2.06 bits per heavy atom. The van der Waals surface area contributed by atoms with Gasteiger partial charge in [0.25, 0.3) is 0 Å². The Kier molecular flexibility index (Phi) is 8.96. The first kappa shape index (κ1) is 22.9. The summed E-state index contributed by atoms with van der Waals surface area (Å²) in [5.74, 6) is 0.826. The number of hydrogen-bond acceptors (Lipinski definition) is 2. The summed E-state index contributed by atoms with van der Waals surface area (Å²) in [5, 5.41) is 0. The maximum absolute atomic E-state index is 13.2. The maximum atomic E-state index is 13.2. The SMILES string of the molecule is CCCCCCCCCCOc1cccc(-c2cn(C)cc(-c3ccccc3)c2=O)c1. The lowest BCUT2D eigenvalue weighted by Gasteiger charge is -2.11. The molecule has 164 valence electrons. The van der Waals surface area contributed by atoms with Gasteiger partial charge in [-0.05, 0) is 29.7 Å². The van der Waals surface area contributed by atoms with E-state index < -0.39 is 0 Å². The summed E-state index contributed by atoms with van der Waals surface area (Å²) >= 11 is 0. The average Bonchev–Trinajstić information content (AvgIpc) is 2.80. The van der Waals surface area contributed by atoms with Crippen molar-refractivity contribution in [3.8, 4) is 28.0 Å². The van der Waals surface area contributed by atoms with Crippen molar-refractivity contribution in [2.45, 2.75) is 58.3 Å². The summed E-state index contributed by atoms with van der Waals surface area (Å²) in [4.78, 5) is 13.2. The molecule has 1 aromatic heterocycles. The van der Waals surface area contributed by atoms with Gasteiger partial charge in [-0.3, -0.25) is 4.79 Å². The van der Waals surface area contributed by atoms with E-state index in [1.807, 2.05) is 78.6 Å². The molecule has 0 aliphatic carbocycles. The Morgan fingerprint density at radius 2 is 1.35 bits per heavy atom. The summed E-state index contributed by atoms with van der Waals surface area (Å²) in [6.45, 7) is 2.98. The van der Waals surface area contributed by atoms with Crippen molar-refractivity contribution in [2.75, 3.05) is 6.61 Å². The summed E-state index contributed by atoms with van der Waals surface area (Å²) < 4.78 is 7.94. The highest BCUT2D eigenvalue weighted by molar-refractivity contribution is 5.72. The molecule has 3 rings (SSSR count). The molecule has 3 aromatic rings. The Balaban J connectivity index is 1.62. The second-order valence-electron chi connectivity index (χ2n) is 8.30. The zero-order valence-corrected chi connectivity index (χ0v) is 19.0. The largest absolute Gasteiger partial charge is 0.494 e. The predicted octanol–water partition coefficient (Wildman–Crippen LogP) is 7.24. The lowest BCUT2D eigenvalue weighted by molar-refractivity contribution is 0.304. The van der Waals surface area contributed by atoms with Gasteiger partial charge in [0, 0.05) is 30.6 Å². The number of hydrogen-bond donors (Lipinski definition) is 0. The van der Waals surface area contributed by atoms with Gasteiger partial charge >= 0.3 is 0 Å². The number of rotatable bonds is 12. The smallest absolute Gasteiger partial charge is 0.197 e. The van der Waals surface area contributed by atoms with Gasteiger partial charge in [-0.25, -0.2) is 0 Å². The molecule has 0 aliphatic heterocycles. The van der Waals surface area contributed by atoms with Crippen molar-refractivity contribution >= 4 is 0 Å². The van der Waals surface area contributed by atoms with Crippen LogP contribution >= 0.6 is 0 Å². The van der Waals surface area contributed by atoms with E-state index in [-0.39, 0.29) is 5.43 Å². The third-order valence-electron chi connectivity index (χ3n) is 5.65. The topological polar surface area (TPSA) is 31.2 Å². The van der Waals surface area contributed by atoms with Gasteiger partial charge in [0.2, 0.25) is 0 Å². The van der Waals surface area contributed by atoms with Crippen molar-refractivity contribution in [3.05, 3.63) is 77.2 Å². The quantitative estimate of drug-likeness (QED) is 0.291. The minimum atomic E-state index is 0.0459. The second kappa shape index (κ2) is 12.1. The van der Waals surface area contributed by atoms with Crippen LogP contribution in [0, 0.1) is 0 Å². The van der Waals surface area contributed by atoms with Crippen LogP contribution in [0.4, 0.5) is 0 Å². The number of benzene rings is 2. The summed E-state index contributed by atoms with van der Waals surface area (Å²) in [5.41, 5.74) is 3.29. The third kappa shape index (κ3) is 6.85. The van der Waals surface area contributed by atoms with E-state index in [9.17, 15) is 4.79 Å². The Hall–Kier alpha value is -2.81. The molecular formula is C28H35NO2. The number of nitrogens with zero attached hydrogens (tertiary/aromatic N) is 1. The van der Waals surface area contributed by atoms with Crippen LogP contribution in [0.15, 0.2) is 71.8 Å². The van der Waals surface area contributed by atoms with Crippen LogP contribution in [0.25, 0.3) is 22.3 Å². The van der Waals surface area contributed by atoms with Crippen molar-refractivity contribution in [1.82, 2.24) is 4.57 Å². The number of pyridine rings is 1. The molecule has 3 nitrogen and oxygen atoms in total. The Labute approximate surface area is 186 Å². The van der Waals surface area contributed by atoms with Crippen LogP contribution in [-0.4, -0.2) is 11.2 Å². The van der Waals surface area contributed by atoms with E-state index in [0.717, 1.165) is 29.9 Å². The molecule has 0 fully saturated rings. The van der Waals surface area contributed by atoms with Gasteiger partial charge in [0.1, 0.15) is 5.75 Å². The summed E-state index contributed by atoms with van der Waals surface area (Å²) in [7, 11) is 1.96. The fourth-order valence-corrected chi connectivity index (χ4v) is 3.92. The molecule has 0 aliphatic rings. The molecular weight excluding hydrogens is 382 g/mol. The summed E-state index contributed by atoms with van der Waals surface area (Å²) in [6.07, 6.45) is 14.1. The van der Waals surface area contributed by atoms with Gasteiger partial charge in [-0.2, -0.15) is 0 Å². The number of aromatic nitrogens is 1. The average molecular weight is 418 g/mol. The van der Waals surface area contributed by atoms with Gasteiger partial charge in [0.15, 0.2) is 5.43 Å². The maximum Gasteiger partial charge on any atom is 0.197 e. The normalized spacial score (nSPS) is 10.9. The molecule has 0 atom stereocenters. The zero-order valence-electron chi connectivity index (χ0n) is 19.0. The first-order valence-electron chi connectivity index (χ1n) is 11.7. The van der Waals surface area contributed by atoms with Gasteiger partial charge in [-0.1, -0.05) is 94.3 Å². The van der Waals surface area contributed by atoms with Crippen LogP contribution in [0.3, 0.4) is 0 Å². The molecule has 0 saturated carbocycles. The minimum Gasteiger partial charge on any atom is -0.494 e. The van der Waals surface area contributed by atoms with Crippen molar-refractivity contribution in [3.63, 3.8) is 0 Å². The van der Waals surface area contributed by atoms with Gasteiger partial charge in [0.05, 0.1) is 6.61 Å². The van der Waals surface area contributed by atoms with Crippen LogP contribution in [0.1, 0.15) is 58.3 Å². The molecule has 0 saturated heterocycles. The molecule has 0 bridgehead atoms. The standard InChI is InChI=1S/C28H35NO2/c1-3-4-5-6-7-8-9-13-19-31-25-18-14-17-24(20-25)27-22-29(2)21-26(28(27)30)23-15-11-10-12-16-23/h10-12,14-18,20-22H,3-9,13,19H2,1-2H3. The highest BCUT2D eigenvalue weighted by atomic mass is 16.5. The van der Waals surface area contributed by atoms with E-state index in [1.165, 1.54) is 44.9 Å². The Morgan fingerprint density at radius 1 is 0.742 bits per heavy atom. The molecule has 31 heavy (non-hydrogen) atoms. The minimum absolute atomic E-state index is 0.0459. The van der Waals surface area contributed by atoms with Gasteiger partial charge < -0.3 is 9.30 Å². The van der Waals surface area contributed by atoms with Crippen molar-refractivity contribution in [2.24, 2.45) is 7.05 Å². The van der Waals surface area contributed by atoms with E-state index in [2.05, 4.69) is 6.92 Å². The number of ether oxygens (including phenoxy) is 1. The monoisotopic (exact) mass is 417 g/mol. The lowest BCUT2D eigenvalue weighted by Crippen LogP contribution is -2.11. The molecule has 0 radical (unpaired) electrons. The zero-order chi connectivity index (χ0) is 21.9. The Bertz CT molecular complexity index is 991. The van der Waals surface area contributed by atoms with E-state index in [1.54, 1.807) is 0 Å². The number of unbranched alkanes of at least 4 members (excludes halogenated alkanes) is 7. The highest BCUT2D eigenvalue weighted by Gasteiger charge is 2.11. The molecule has 0 unspecified atom stereocenters. The van der Waals surface area contributed by atoms with Crippen LogP contribution in [0.5, 0.6) is 5.75 Å². The predicted molar refractivity (Wildman–Crippen MR) is 131 cm³/mol. The van der Waals surface area contributed by atoms with E-state index in [0.29, 0.717) is 11.1 Å². The number of aryl methyl sites for hydroxylation is 1. The van der Waals surface area contributed by atoms with E-state index >= 15 is 0 Å². The van der Waals surface area contributed by atoms with Crippen molar-refractivity contribution < 1.29 is 4.74 Å². The third-order valence-corrected chi connectivity index (χ3v) is 5.65. The first-order valence-corrected chi connectivity index (χ1v) is 11.7. The van der Waals surface area contributed by atoms with Crippen LogP contribution in [-0.2, 0) is 7.05 Å². The molecule has 0 N–H and O–H groups in total. The van der Waals surface area contributed by atoms with Crippen molar-refractivity contribution in [1.29, 1.82) is 0 Å².